The van der Waals surface area contributed by atoms with Crippen LogP contribution < -0.4 is 15.8 Å². The molecule has 6 nitrogen and oxygen atoms in total. The SMILES string of the molecule is CCNC(=NCc1cccc(S(N)(=O)=O)c1)NCCc1ccc(C(C)(C)C)cc1. The van der Waals surface area contributed by atoms with Crippen LogP contribution in [0.2, 0.25) is 0 Å². The van der Waals surface area contributed by atoms with Crippen LogP contribution in [0, 0.1) is 0 Å². The Morgan fingerprint density at radius 1 is 1.03 bits per heavy atom. The molecule has 0 aromatic heterocycles. The lowest BCUT2D eigenvalue weighted by atomic mass is 9.86. The Hall–Kier alpha value is -2.38. The van der Waals surface area contributed by atoms with E-state index in [1.807, 2.05) is 13.0 Å². The fourth-order valence-corrected chi connectivity index (χ4v) is 3.41. The number of primary sulfonamides is 1. The number of sulfonamides is 1. The highest BCUT2D eigenvalue weighted by Gasteiger charge is 2.12. The summed E-state index contributed by atoms with van der Waals surface area (Å²) < 4.78 is 23.0. The van der Waals surface area contributed by atoms with Crippen molar-refractivity contribution in [3.8, 4) is 0 Å². The van der Waals surface area contributed by atoms with Gasteiger partial charge in [-0.3, -0.25) is 0 Å². The zero-order valence-electron chi connectivity index (χ0n) is 17.7. The van der Waals surface area contributed by atoms with Crippen LogP contribution in [-0.2, 0) is 28.4 Å². The molecule has 2 aromatic carbocycles. The second kappa shape index (κ2) is 9.89. The third-order valence-electron chi connectivity index (χ3n) is 4.52. The molecule has 7 heteroatoms. The lowest BCUT2D eigenvalue weighted by molar-refractivity contribution is 0.590. The molecule has 0 aliphatic rings. The number of guanidine groups is 1. The Morgan fingerprint density at radius 2 is 1.72 bits per heavy atom. The summed E-state index contributed by atoms with van der Waals surface area (Å²) >= 11 is 0. The molecule has 158 valence electrons. The molecule has 2 aromatic rings. The van der Waals surface area contributed by atoms with E-state index in [1.54, 1.807) is 12.1 Å². The molecule has 0 fully saturated rings. The van der Waals surface area contributed by atoms with Crippen LogP contribution in [0.5, 0.6) is 0 Å². The fourth-order valence-electron chi connectivity index (χ4n) is 2.83. The van der Waals surface area contributed by atoms with Crippen molar-refractivity contribution in [1.82, 2.24) is 10.6 Å². The van der Waals surface area contributed by atoms with Crippen molar-refractivity contribution in [3.63, 3.8) is 0 Å². The maximum Gasteiger partial charge on any atom is 0.238 e. The Balaban J connectivity index is 1.96. The summed E-state index contributed by atoms with van der Waals surface area (Å²) in [5.41, 5.74) is 3.53. The van der Waals surface area contributed by atoms with Gasteiger partial charge in [0.2, 0.25) is 10.0 Å². The van der Waals surface area contributed by atoms with Crippen LogP contribution in [0.4, 0.5) is 0 Å². The minimum absolute atomic E-state index is 0.0989. The maximum atomic E-state index is 11.5. The first-order chi connectivity index (χ1) is 13.6. The predicted molar refractivity (Wildman–Crippen MR) is 119 cm³/mol. The molecule has 0 saturated heterocycles. The maximum absolute atomic E-state index is 11.5. The second-order valence-electron chi connectivity index (χ2n) is 8.01. The smallest absolute Gasteiger partial charge is 0.238 e. The molecule has 0 aliphatic heterocycles. The van der Waals surface area contributed by atoms with Gasteiger partial charge in [0.15, 0.2) is 5.96 Å². The molecule has 0 radical (unpaired) electrons. The van der Waals surface area contributed by atoms with Crippen LogP contribution in [-0.4, -0.2) is 27.5 Å². The van der Waals surface area contributed by atoms with E-state index in [-0.39, 0.29) is 10.3 Å². The van der Waals surface area contributed by atoms with Crippen molar-refractivity contribution >= 4 is 16.0 Å². The number of nitrogens with two attached hydrogens (primary N) is 1. The van der Waals surface area contributed by atoms with Gasteiger partial charge in [0, 0.05) is 13.1 Å². The molecule has 0 heterocycles. The molecule has 29 heavy (non-hydrogen) atoms. The second-order valence-corrected chi connectivity index (χ2v) is 9.57. The van der Waals surface area contributed by atoms with Crippen LogP contribution in [0.25, 0.3) is 0 Å². The third-order valence-corrected chi connectivity index (χ3v) is 5.43. The number of nitrogens with one attached hydrogen (secondary N) is 2. The van der Waals surface area contributed by atoms with E-state index in [1.165, 1.54) is 17.2 Å². The van der Waals surface area contributed by atoms with Gasteiger partial charge in [-0.25, -0.2) is 18.5 Å². The summed E-state index contributed by atoms with van der Waals surface area (Å²) in [6, 6.07) is 15.3. The first kappa shape index (κ1) is 22.9. The van der Waals surface area contributed by atoms with Crippen LogP contribution in [0.1, 0.15) is 44.4 Å². The third kappa shape index (κ3) is 7.51. The van der Waals surface area contributed by atoms with Crippen molar-refractivity contribution in [1.29, 1.82) is 0 Å². The van der Waals surface area contributed by atoms with E-state index >= 15 is 0 Å². The average Bonchev–Trinajstić information content (AvgIpc) is 2.65. The Bertz CT molecular complexity index is 930. The number of benzene rings is 2. The van der Waals surface area contributed by atoms with Gasteiger partial charge in [0.05, 0.1) is 11.4 Å². The highest BCUT2D eigenvalue weighted by molar-refractivity contribution is 7.89. The lowest BCUT2D eigenvalue weighted by Gasteiger charge is -2.19. The van der Waals surface area contributed by atoms with Crippen molar-refractivity contribution in [2.24, 2.45) is 10.1 Å². The molecule has 0 amide bonds. The molecule has 0 spiro atoms. The van der Waals surface area contributed by atoms with Gasteiger partial charge in [-0.2, -0.15) is 0 Å². The molecule has 0 saturated carbocycles. The number of hydrogen-bond donors (Lipinski definition) is 3. The molecular formula is C22H32N4O2S. The monoisotopic (exact) mass is 416 g/mol. The summed E-state index contributed by atoms with van der Waals surface area (Å²) in [4.78, 5) is 4.64. The summed E-state index contributed by atoms with van der Waals surface area (Å²) in [6.07, 6.45) is 0.885. The molecule has 0 aliphatic carbocycles. The van der Waals surface area contributed by atoms with E-state index in [4.69, 9.17) is 5.14 Å². The van der Waals surface area contributed by atoms with Gasteiger partial charge < -0.3 is 10.6 Å². The Labute approximate surface area is 174 Å². The molecule has 4 N–H and O–H groups in total. The van der Waals surface area contributed by atoms with Crippen molar-refractivity contribution in [2.75, 3.05) is 13.1 Å². The molecule has 2 rings (SSSR count). The van der Waals surface area contributed by atoms with Gasteiger partial charge in [-0.1, -0.05) is 57.2 Å². The van der Waals surface area contributed by atoms with Crippen LogP contribution in [0.15, 0.2) is 58.4 Å². The lowest BCUT2D eigenvalue weighted by Crippen LogP contribution is -2.38. The standard InChI is InChI=1S/C22H32N4O2S/c1-5-24-21(26-16-18-7-6-8-20(15-18)29(23,27)28)25-14-13-17-9-11-19(12-10-17)22(2,3)4/h6-12,15H,5,13-14,16H2,1-4H3,(H2,23,27,28)(H2,24,25,26). The average molecular weight is 417 g/mol. The van der Waals surface area contributed by atoms with Crippen LogP contribution >= 0.6 is 0 Å². The van der Waals surface area contributed by atoms with E-state index in [2.05, 4.69) is 60.7 Å². The van der Waals surface area contributed by atoms with Gasteiger partial charge in [-0.05, 0) is 47.6 Å². The molecule has 0 unspecified atom stereocenters. The number of nitrogens with zero attached hydrogens (tertiary/aromatic N) is 1. The topological polar surface area (TPSA) is 96.6 Å². The number of hydrogen-bond acceptors (Lipinski definition) is 3. The Kier molecular flexibility index (Phi) is 7.81. The highest BCUT2D eigenvalue weighted by atomic mass is 32.2. The Morgan fingerprint density at radius 3 is 2.31 bits per heavy atom. The zero-order valence-corrected chi connectivity index (χ0v) is 18.5. The summed E-state index contributed by atoms with van der Waals surface area (Å²) in [5, 5.41) is 11.7. The van der Waals surface area contributed by atoms with Crippen molar-refractivity contribution in [2.45, 2.75) is 51.0 Å². The molecule has 0 bridgehead atoms. The molecule has 0 atom stereocenters. The number of aliphatic imine (C=N–C) groups is 1. The minimum Gasteiger partial charge on any atom is -0.357 e. The minimum atomic E-state index is -3.71. The quantitative estimate of drug-likeness (QED) is 0.478. The first-order valence-electron chi connectivity index (χ1n) is 9.83. The van der Waals surface area contributed by atoms with Crippen LogP contribution in [0.3, 0.4) is 0 Å². The van der Waals surface area contributed by atoms with Crippen molar-refractivity contribution < 1.29 is 8.42 Å². The normalized spacial score (nSPS) is 12.7. The highest BCUT2D eigenvalue weighted by Crippen LogP contribution is 2.22. The summed E-state index contributed by atoms with van der Waals surface area (Å²) in [5.74, 6) is 0.694. The molecular weight excluding hydrogens is 384 g/mol. The van der Waals surface area contributed by atoms with Gasteiger partial charge >= 0.3 is 0 Å². The van der Waals surface area contributed by atoms with E-state index in [9.17, 15) is 8.42 Å². The zero-order chi connectivity index (χ0) is 21.5. The van der Waals surface area contributed by atoms with E-state index < -0.39 is 10.0 Å². The van der Waals surface area contributed by atoms with E-state index in [0.717, 1.165) is 25.1 Å². The summed E-state index contributed by atoms with van der Waals surface area (Å²) in [7, 11) is -3.71. The van der Waals surface area contributed by atoms with Crippen molar-refractivity contribution in [3.05, 3.63) is 65.2 Å². The first-order valence-corrected chi connectivity index (χ1v) is 11.4. The number of rotatable bonds is 7. The van der Waals surface area contributed by atoms with Gasteiger partial charge in [0.25, 0.3) is 0 Å². The fraction of sp³-hybridized carbons (Fsp3) is 0.409. The predicted octanol–water partition coefficient (Wildman–Crippen LogP) is 2.93. The summed E-state index contributed by atoms with van der Waals surface area (Å²) in [6.45, 7) is 10.5. The largest absolute Gasteiger partial charge is 0.357 e. The van der Waals surface area contributed by atoms with Gasteiger partial charge in [-0.15, -0.1) is 0 Å². The van der Waals surface area contributed by atoms with Gasteiger partial charge in [0.1, 0.15) is 0 Å². The van der Waals surface area contributed by atoms with E-state index in [0.29, 0.717) is 12.5 Å².